The Morgan fingerprint density at radius 2 is 1.65 bits per heavy atom. The number of methoxy groups -OCH3 is 1. The second-order valence-electron chi connectivity index (χ2n) is 17.3. The monoisotopic (exact) mass is 939 g/mol. The first-order valence-corrected chi connectivity index (χ1v) is 23.3. The lowest BCUT2D eigenvalue weighted by Gasteiger charge is -2.29. The highest BCUT2D eigenvalue weighted by atomic mass is 19.1. The van der Waals surface area contributed by atoms with Crippen LogP contribution in [0.4, 0.5) is 15.8 Å². The van der Waals surface area contributed by atoms with E-state index in [9.17, 15) is 28.8 Å². The molecule has 6 aromatic rings. The molecule has 1 saturated heterocycles. The first kappa shape index (κ1) is 47.8. The van der Waals surface area contributed by atoms with Crippen molar-refractivity contribution < 1.29 is 42.6 Å². The summed E-state index contributed by atoms with van der Waals surface area (Å²) in [7, 11) is 3.31. The molecule has 1 unspecified atom stereocenters. The molecule has 0 saturated carbocycles. The van der Waals surface area contributed by atoms with Crippen LogP contribution in [0.3, 0.4) is 0 Å². The van der Waals surface area contributed by atoms with Crippen molar-refractivity contribution in [2.45, 2.75) is 97.1 Å². The predicted molar refractivity (Wildman–Crippen MR) is 257 cm³/mol. The zero-order chi connectivity index (χ0) is 48.8. The summed E-state index contributed by atoms with van der Waals surface area (Å²) in [5.41, 5.74) is 3.95. The highest BCUT2D eigenvalue weighted by Crippen LogP contribution is 2.37. The van der Waals surface area contributed by atoms with E-state index >= 15 is 4.39 Å². The number of aryl methyl sites for hydroxylation is 2. The fourth-order valence-electron chi connectivity index (χ4n) is 8.93. The van der Waals surface area contributed by atoms with E-state index in [4.69, 9.17) is 14.2 Å². The molecule has 2 aliphatic rings. The number of fused-ring (bicyclic) bond motifs is 3. The number of halogens is 1. The minimum Gasteiger partial charge on any atom is -0.493 e. The van der Waals surface area contributed by atoms with Crippen LogP contribution in [0.2, 0.25) is 0 Å². The number of pyridine rings is 1. The van der Waals surface area contributed by atoms with Gasteiger partial charge in [-0.3, -0.25) is 34.1 Å². The maximum Gasteiger partial charge on any atom is 0.261 e. The van der Waals surface area contributed by atoms with E-state index in [1.165, 1.54) is 30.5 Å². The fraction of sp³-hybridized carbons (Fsp3) is 0.346. The number of piperidine rings is 1. The van der Waals surface area contributed by atoms with Crippen molar-refractivity contribution in [1.82, 2.24) is 24.8 Å². The largest absolute Gasteiger partial charge is 0.493 e. The van der Waals surface area contributed by atoms with E-state index in [-0.39, 0.29) is 60.0 Å². The number of unbranched alkanes of at least 4 members (excludes halogenated alkanes) is 6. The molecule has 0 radical (unpaired) electrons. The Bertz CT molecular complexity index is 3060. The number of nitrogens with one attached hydrogen (secondary N) is 3. The number of anilines is 2. The lowest BCUT2D eigenvalue weighted by molar-refractivity contribution is -0.137. The number of benzene rings is 4. The molecule has 2 aromatic heterocycles. The zero-order valence-corrected chi connectivity index (χ0v) is 39.0. The molecule has 4 heterocycles. The molecule has 16 nitrogen and oxygen atoms in total. The van der Waals surface area contributed by atoms with Gasteiger partial charge >= 0.3 is 0 Å². The summed E-state index contributed by atoms with van der Waals surface area (Å²) in [6.07, 6.45) is 9.10. The summed E-state index contributed by atoms with van der Waals surface area (Å²) in [4.78, 5) is 87.3. The van der Waals surface area contributed by atoms with Crippen LogP contribution in [0.25, 0.3) is 21.8 Å². The third kappa shape index (κ3) is 10.4. The molecule has 1 fully saturated rings. The van der Waals surface area contributed by atoms with Crippen molar-refractivity contribution in [2.24, 2.45) is 7.05 Å². The zero-order valence-electron chi connectivity index (χ0n) is 39.0. The number of carbonyl (C=O) groups excluding carboxylic acids is 5. The van der Waals surface area contributed by atoms with Gasteiger partial charge in [-0.1, -0.05) is 57.2 Å². The highest BCUT2D eigenvalue weighted by Gasteiger charge is 2.40. The van der Waals surface area contributed by atoms with E-state index in [0.29, 0.717) is 69.7 Å². The number of nitrogens with zero attached hydrogens (tertiary/aromatic N) is 4. The topological polar surface area (TPSA) is 200 Å². The summed E-state index contributed by atoms with van der Waals surface area (Å²) in [6.45, 7) is 4.38. The van der Waals surface area contributed by atoms with Crippen molar-refractivity contribution in [1.29, 1.82) is 0 Å². The van der Waals surface area contributed by atoms with E-state index in [0.717, 1.165) is 62.1 Å². The van der Waals surface area contributed by atoms with Gasteiger partial charge in [0.15, 0.2) is 23.1 Å². The normalized spacial score (nSPS) is 14.5. The van der Waals surface area contributed by atoms with Crippen LogP contribution in [0.1, 0.15) is 109 Å². The number of aromatic nitrogens is 3. The number of ether oxygens (including phenoxy) is 3. The van der Waals surface area contributed by atoms with Gasteiger partial charge in [0.05, 0.1) is 41.4 Å². The molecule has 5 amide bonds. The molecule has 8 rings (SSSR count). The summed E-state index contributed by atoms with van der Waals surface area (Å²) in [5, 5.41) is 8.77. The van der Waals surface area contributed by atoms with Crippen LogP contribution in [-0.2, 0) is 34.4 Å². The van der Waals surface area contributed by atoms with Crippen LogP contribution in [-0.4, -0.2) is 68.7 Å². The van der Waals surface area contributed by atoms with Gasteiger partial charge in [-0.15, -0.1) is 0 Å². The van der Waals surface area contributed by atoms with E-state index in [2.05, 4.69) is 25.9 Å². The minimum absolute atomic E-state index is 0.0210. The Hall–Kier alpha value is -7.69. The van der Waals surface area contributed by atoms with Gasteiger partial charge < -0.3 is 34.3 Å². The highest BCUT2D eigenvalue weighted by molar-refractivity contribution is 6.10. The summed E-state index contributed by atoms with van der Waals surface area (Å²) >= 11 is 0. The van der Waals surface area contributed by atoms with Crippen molar-refractivity contribution in [3.8, 4) is 23.1 Å². The molecule has 1 atom stereocenters. The number of rotatable bonds is 19. The van der Waals surface area contributed by atoms with Gasteiger partial charge in [0.2, 0.25) is 29.0 Å². The second-order valence-corrected chi connectivity index (χ2v) is 17.3. The number of imide groups is 1. The third-order valence-electron chi connectivity index (χ3n) is 12.8. The molecule has 2 aliphatic heterocycles. The smallest absolute Gasteiger partial charge is 0.261 e. The van der Waals surface area contributed by atoms with Crippen molar-refractivity contribution in [2.75, 3.05) is 24.4 Å². The maximum absolute atomic E-state index is 15.6. The van der Waals surface area contributed by atoms with Gasteiger partial charge in [-0.2, -0.15) is 0 Å². The Kier molecular flexibility index (Phi) is 14.6. The Morgan fingerprint density at radius 3 is 2.41 bits per heavy atom. The van der Waals surface area contributed by atoms with Gasteiger partial charge in [0.1, 0.15) is 17.9 Å². The van der Waals surface area contributed by atoms with Crippen molar-refractivity contribution >= 4 is 62.7 Å². The molecular formula is C52H54FN7O9. The van der Waals surface area contributed by atoms with Gasteiger partial charge in [-0.25, -0.2) is 14.4 Å². The SMILES string of the molecule is CCc1ccc2c(c1)c(=O)c(C(=O)Nc1ccc(Oc3ncnc4cc(OCCCCCCCCCC(=O)Nc5cccc6c5C(=O)N(C5CCC(=O)NC5=O)C6)c(OC)cc34)c(F)c1)c(C)n2C. The van der Waals surface area contributed by atoms with Crippen LogP contribution in [0.15, 0.2) is 77.9 Å². The average Bonchev–Trinajstić information content (AvgIpc) is 3.67. The first-order valence-electron chi connectivity index (χ1n) is 23.3. The molecule has 0 spiro atoms. The lowest BCUT2D eigenvalue weighted by Crippen LogP contribution is -2.52. The van der Waals surface area contributed by atoms with Crippen LogP contribution < -0.4 is 35.6 Å². The Labute approximate surface area is 397 Å². The molecule has 69 heavy (non-hydrogen) atoms. The summed E-state index contributed by atoms with van der Waals surface area (Å²) in [5.74, 6) is -1.89. The molecule has 4 aromatic carbocycles. The minimum atomic E-state index is -0.764. The van der Waals surface area contributed by atoms with Crippen molar-refractivity contribution in [3.05, 3.63) is 117 Å². The van der Waals surface area contributed by atoms with Crippen LogP contribution >= 0.6 is 0 Å². The Morgan fingerprint density at radius 1 is 0.870 bits per heavy atom. The molecule has 17 heteroatoms. The maximum atomic E-state index is 15.6. The van der Waals surface area contributed by atoms with Crippen LogP contribution in [0.5, 0.6) is 23.1 Å². The number of hydrogen-bond acceptors (Lipinski definition) is 11. The summed E-state index contributed by atoms with van der Waals surface area (Å²) in [6, 6.07) is 17.6. The van der Waals surface area contributed by atoms with Gasteiger partial charge in [0, 0.05) is 55.3 Å². The lowest BCUT2D eigenvalue weighted by atomic mass is 10.0. The third-order valence-corrected chi connectivity index (χ3v) is 12.8. The average molecular weight is 940 g/mol. The Balaban J connectivity index is 0.775. The fourth-order valence-corrected chi connectivity index (χ4v) is 8.93. The standard InChI is InChI=1S/C52H54FN7O9/c1-5-31-17-19-39-35(24-31)48(63)46(30(2)59(39)3)50(65)56-33-18-21-41(36(53)25-33)69-51-34-26-42(67-4)43(27-38(34)54-29-55-51)68-23-12-10-8-6-7-9-11-16-44(61)57-37-15-13-14-32-28-60(52(66)47(32)37)40-20-22-45(62)58-49(40)64/h13-15,17-19,21,24-27,29,40H,5-12,16,20,22-23,28H2,1-4H3,(H,56,65)(H,57,61)(H,58,62,64). The van der Waals surface area contributed by atoms with E-state index in [1.807, 2.05) is 25.1 Å². The summed E-state index contributed by atoms with van der Waals surface area (Å²) < 4.78 is 35.0. The van der Waals surface area contributed by atoms with Crippen LogP contribution in [0, 0.1) is 12.7 Å². The number of amides is 5. The molecule has 0 aliphatic carbocycles. The first-order chi connectivity index (χ1) is 33.3. The molecule has 0 bridgehead atoms. The van der Waals surface area contributed by atoms with Gasteiger partial charge in [-0.05, 0) is 80.1 Å². The number of hydrogen-bond donors (Lipinski definition) is 3. The van der Waals surface area contributed by atoms with E-state index < -0.39 is 29.1 Å². The molecular weight excluding hydrogens is 886 g/mol. The quantitative estimate of drug-likeness (QED) is 0.0520. The van der Waals surface area contributed by atoms with E-state index in [1.54, 1.807) is 48.9 Å². The predicted octanol–water partition coefficient (Wildman–Crippen LogP) is 8.44. The van der Waals surface area contributed by atoms with Crippen molar-refractivity contribution in [3.63, 3.8) is 0 Å². The van der Waals surface area contributed by atoms with Gasteiger partial charge in [0.25, 0.3) is 11.8 Å². The molecule has 3 N–H and O–H groups in total. The number of carbonyl (C=O) groups is 5. The molecule has 358 valence electrons. The second kappa shape index (κ2) is 21.1.